The molecule has 1 aliphatic rings. The average Bonchev–Trinajstić information content (AvgIpc) is 3.02. The third kappa shape index (κ3) is 39.3. The maximum Gasteiger partial charge on any atom is 4.00 e. The third-order valence-corrected chi connectivity index (χ3v) is 2.83. The molecule has 0 spiro atoms. The fourth-order valence-electron chi connectivity index (χ4n) is 1.81. The fourth-order valence-corrected chi connectivity index (χ4v) is 1.81. The van der Waals surface area contributed by atoms with Crippen molar-refractivity contribution in [3.63, 3.8) is 0 Å². The summed E-state index contributed by atoms with van der Waals surface area (Å²) < 4.78 is 0. The maximum atomic E-state index is 3.97. The summed E-state index contributed by atoms with van der Waals surface area (Å²) in [5.41, 5.74) is 1.80. The molecule has 152 valence electrons. The molecule has 3 nitrogen and oxygen atoms in total. The van der Waals surface area contributed by atoms with E-state index in [9.17, 15) is 0 Å². The Bertz CT molecular complexity index is 274. The van der Waals surface area contributed by atoms with Crippen LogP contribution in [-0.4, -0.2) is 39.3 Å². The minimum Gasteiger partial charge on any atom is -0.663 e. The molecule has 0 atom stereocenters. The van der Waals surface area contributed by atoms with E-state index in [0.717, 1.165) is 52.1 Å². The molecule has 0 aliphatic heterocycles. The van der Waals surface area contributed by atoms with Gasteiger partial charge in [-0.2, -0.15) is 45.3 Å². The molecular formula is C22H45HfN3. The second-order valence-electron chi connectivity index (χ2n) is 6.61. The predicted molar refractivity (Wildman–Crippen MR) is 118 cm³/mol. The van der Waals surface area contributed by atoms with Gasteiger partial charge in [0.05, 0.1) is 0 Å². The Morgan fingerprint density at radius 2 is 1.12 bits per heavy atom. The van der Waals surface area contributed by atoms with Crippen molar-refractivity contribution >= 4 is 0 Å². The summed E-state index contributed by atoms with van der Waals surface area (Å²) in [4.78, 5) is 0. The van der Waals surface area contributed by atoms with Crippen LogP contribution >= 0.6 is 0 Å². The van der Waals surface area contributed by atoms with E-state index < -0.39 is 0 Å². The van der Waals surface area contributed by atoms with Crippen LogP contribution in [0.25, 0.3) is 16.0 Å². The predicted octanol–water partition coefficient (Wildman–Crippen LogP) is 7.31. The van der Waals surface area contributed by atoms with E-state index in [1.54, 1.807) is 0 Å². The summed E-state index contributed by atoms with van der Waals surface area (Å²) in [5, 5.41) is 11.9. The molecule has 0 saturated heterocycles. The Labute approximate surface area is 185 Å². The quantitative estimate of drug-likeness (QED) is 0.245. The molecule has 0 heterocycles. The van der Waals surface area contributed by atoms with Gasteiger partial charge in [0, 0.05) is 0 Å². The van der Waals surface area contributed by atoms with Gasteiger partial charge in [0.2, 0.25) is 0 Å². The van der Waals surface area contributed by atoms with Gasteiger partial charge in [-0.15, -0.1) is 6.42 Å². The smallest absolute Gasteiger partial charge is 0.663 e. The van der Waals surface area contributed by atoms with Crippen molar-refractivity contribution in [3.8, 4) is 0 Å². The van der Waals surface area contributed by atoms with Crippen molar-refractivity contribution < 1.29 is 25.8 Å². The van der Waals surface area contributed by atoms with E-state index in [1.807, 2.05) is 41.5 Å². The summed E-state index contributed by atoms with van der Waals surface area (Å²) >= 11 is 0. The summed E-state index contributed by atoms with van der Waals surface area (Å²) in [6, 6.07) is 0. The first-order valence-corrected chi connectivity index (χ1v) is 9.98. The number of rotatable bonds is 7. The topological polar surface area (TPSA) is 42.3 Å². The zero-order valence-corrected chi connectivity index (χ0v) is 22.7. The molecule has 0 aromatic rings. The molecular weight excluding hydrogens is 485 g/mol. The normalized spacial score (nSPS) is 11.7. The number of hydrogen-bond acceptors (Lipinski definition) is 0. The van der Waals surface area contributed by atoms with Crippen LogP contribution in [0.2, 0.25) is 0 Å². The SMILES string of the molecule is CC(C)(C)CC1=[C-]CC=C1.CC[N-]CC.CC[N-]CC.CC[N-]CC.[Hf+4]. The monoisotopic (exact) mass is 531 g/mol. The Morgan fingerprint density at radius 3 is 1.27 bits per heavy atom. The molecule has 0 saturated carbocycles. The number of allylic oxidation sites excluding steroid dienone is 4. The van der Waals surface area contributed by atoms with E-state index in [4.69, 9.17) is 0 Å². The molecule has 0 fully saturated rings. The van der Waals surface area contributed by atoms with Gasteiger partial charge in [0.15, 0.2) is 0 Å². The first kappa shape index (κ1) is 33.8. The molecule has 26 heavy (non-hydrogen) atoms. The summed E-state index contributed by atoms with van der Waals surface area (Å²) in [5.74, 6) is 0. The molecule has 0 bridgehead atoms. The number of hydrogen-bond donors (Lipinski definition) is 0. The van der Waals surface area contributed by atoms with Crippen molar-refractivity contribution in [1.82, 2.24) is 0 Å². The van der Waals surface area contributed by atoms with Gasteiger partial charge >= 0.3 is 25.8 Å². The molecule has 0 radical (unpaired) electrons. The molecule has 0 amide bonds. The minimum atomic E-state index is 0. The van der Waals surface area contributed by atoms with Crippen molar-refractivity contribution in [2.75, 3.05) is 39.3 Å². The van der Waals surface area contributed by atoms with E-state index >= 15 is 0 Å². The van der Waals surface area contributed by atoms with Crippen LogP contribution in [-0.2, 0) is 25.8 Å². The van der Waals surface area contributed by atoms with Gasteiger partial charge in [0.25, 0.3) is 0 Å². The average molecular weight is 530 g/mol. The van der Waals surface area contributed by atoms with Gasteiger partial charge < -0.3 is 16.0 Å². The van der Waals surface area contributed by atoms with Gasteiger partial charge in [0.1, 0.15) is 0 Å². The zero-order chi connectivity index (χ0) is 20.0. The fraction of sp³-hybridized carbons (Fsp3) is 0.818. The third-order valence-electron chi connectivity index (χ3n) is 2.83. The van der Waals surface area contributed by atoms with Crippen LogP contribution in [0.5, 0.6) is 0 Å². The second-order valence-corrected chi connectivity index (χ2v) is 6.61. The first-order chi connectivity index (χ1) is 11.8. The Morgan fingerprint density at radius 1 is 0.769 bits per heavy atom. The zero-order valence-electron chi connectivity index (χ0n) is 19.2. The van der Waals surface area contributed by atoms with E-state index in [-0.39, 0.29) is 25.8 Å². The molecule has 0 aromatic heterocycles. The molecule has 0 aromatic carbocycles. The van der Waals surface area contributed by atoms with Crippen molar-refractivity contribution in [1.29, 1.82) is 0 Å². The second kappa shape index (κ2) is 27.4. The maximum absolute atomic E-state index is 3.97. The summed E-state index contributed by atoms with van der Waals surface area (Å²) in [6.45, 7) is 24.9. The van der Waals surface area contributed by atoms with E-state index in [1.165, 1.54) is 5.57 Å². The first-order valence-electron chi connectivity index (χ1n) is 9.98. The van der Waals surface area contributed by atoms with Gasteiger partial charge in [-0.05, 0) is 5.41 Å². The molecule has 1 rings (SSSR count). The molecule has 4 heteroatoms. The molecule has 0 N–H and O–H groups in total. The van der Waals surface area contributed by atoms with Crippen molar-refractivity contribution in [2.24, 2.45) is 5.41 Å². The van der Waals surface area contributed by atoms with Crippen LogP contribution in [0.15, 0.2) is 17.7 Å². The largest absolute Gasteiger partial charge is 4.00 e. The van der Waals surface area contributed by atoms with Crippen LogP contribution < -0.4 is 0 Å². The summed E-state index contributed by atoms with van der Waals surface area (Å²) in [7, 11) is 0. The molecule has 1 aliphatic carbocycles. The summed E-state index contributed by atoms with van der Waals surface area (Å²) in [6.07, 6.45) is 9.85. The Kier molecular flexibility index (Phi) is 35.7. The van der Waals surface area contributed by atoms with E-state index in [0.29, 0.717) is 5.41 Å². The van der Waals surface area contributed by atoms with Crippen LogP contribution in [0, 0.1) is 11.5 Å². The standard InChI is InChI=1S/C10H15.3C4H10N.Hf/c1-10(2,3)8-9-6-4-5-7-9;3*1-3-5-4-2;/h4,6H,5,8H2,1-3H3;3*3-4H2,1-2H3;/q4*-1;+4. The van der Waals surface area contributed by atoms with Gasteiger partial charge in [-0.1, -0.05) is 68.7 Å². The van der Waals surface area contributed by atoms with Gasteiger partial charge in [-0.25, -0.2) is 11.6 Å². The van der Waals surface area contributed by atoms with Crippen LogP contribution in [0.3, 0.4) is 0 Å². The van der Waals surface area contributed by atoms with Gasteiger partial charge in [-0.3, -0.25) is 6.08 Å². The molecule has 0 unspecified atom stereocenters. The van der Waals surface area contributed by atoms with Crippen molar-refractivity contribution in [3.05, 3.63) is 39.8 Å². The van der Waals surface area contributed by atoms with Crippen molar-refractivity contribution in [2.45, 2.75) is 75.2 Å². The Hall–Kier alpha value is 0.230. The minimum absolute atomic E-state index is 0. The number of nitrogens with zero attached hydrogens (tertiary/aromatic N) is 3. The van der Waals surface area contributed by atoms with Crippen LogP contribution in [0.4, 0.5) is 0 Å². The Balaban J connectivity index is -0.000000132. The van der Waals surface area contributed by atoms with Crippen LogP contribution in [0.1, 0.15) is 75.2 Å². The van der Waals surface area contributed by atoms with E-state index in [2.05, 4.69) is 54.9 Å².